The molecule has 3 rings (SSSR count). The lowest BCUT2D eigenvalue weighted by Crippen LogP contribution is -2.41. The van der Waals surface area contributed by atoms with Crippen LogP contribution in [0.25, 0.3) is 0 Å². The molecule has 2 N–H and O–H groups in total. The summed E-state index contributed by atoms with van der Waals surface area (Å²) >= 11 is 0. The first-order valence-electron chi connectivity index (χ1n) is 9.13. The van der Waals surface area contributed by atoms with E-state index >= 15 is 0 Å². The molecule has 6 heteroatoms. The van der Waals surface area contributed by atoms with Crippen molar-refractivity contribution in [3.63, 3.8) is 0 Å². The maximum atomic E-state index is 12.1. The van der Waals surface area contributed by atoms with E-state index in [2.05, 4.69) is 15.5 Å². The number of hydrogen-bond donors (Lipinski definition) is 2. The van der Waals surface area contributed by atoms with Gasteiger partial charge in [0.1, 0.15) is 0 Å². The van der Waals surface area contributed by atoms with Gasteiger partial charge in [-0.05, 0) is 18.4 Å². The summed E-state index contributed by atoms with van der Waals surface area (Å²) in [5.41, 5.74) is 1.20. The quantitative estimate of drug-likeness (QED) is 0.717. The minimum Gasteiger partial charge on any atom is -0.379 e. The van der Waals surface area contributed by atoms with Crippen LogP contribution in [0.1, 0.15) is 12.0 Å². The molecule has 0 bridgehead atoms. The Labute approximate surface area is 148 Å². The number of amides is 2. The zero-order chi connectivity index (χ0) is 17.5. The predicted octanol–water partition coefficient (Wildman–Crippen LogP) is 0.430. The van der Waals surface area contributed by atoms with Gasteiger partial charge >= 0.3 is 0 Å². The van der Waals surface area contributed by atoms with Gasteiger partial charge < -0.3 is 15.4 Å². The van der Waals surface area contributed by atoms with Crippen LogP contribution in [0.3, 0.4) is 0 Å². The van der Waals surface area contributed by atoms with E-state index in [1.165, 1.54) is 5.56 Å². The van der Waals surface area contributed by atoms with Crippen LogP contribution in [0.5, 0.6) is 0 Å². The molecule has 1 aliphatic carbocycles. The minimum atomic E-state index is -0.154. The molecule has 0 radical (unpaired) electrons. The second-order valence-electron chi connectivity index (χ2n) is 6.72. The van der Waals surface area contributed by atoms with Crippen molar-refractivity contribution >= 4 is 11.8 Å². The molecule has 1 saturated heterocycles. The minimum absolute atomic E-state index is 0.00394. The molecule has 1 heterocycles. The van der Waals surface area contributed by atoms with Crippen molar-refractivity contribution in [3.8, 4) is 0 Å². The first kappa shape index (κ1) is 17.9. The molecule has 136 valence electrons. The Bertz CT molecular complexity index is 573. The second kappa shape index (κ2) is 8.97. The Morgan fingerprint density at radius 2 is 1.64 bits per heavy atom. The molecule has 2 atom stereocenters. The van der Waals surface area contributed by atoms with E-state index in [1.807, 2.05) is 30.3 Å². The van der Waals surface area contributed by atoms with Crippen LogP contribution in [0.2, 0.25) is 0 Å². The summed E-state index contributed by atoms with van der Waals surface area (Å²) < 4.78 is 5.30. The fourth-order valence-electron chi connectivity index (χ4n) is 3.17. The van der Waals surface area contributed by atoms with E-state index in [0.717, 1.165) is 39.3 Å². The molecule has 1 aromatic carbocycles. The van der Waals surface area contributed by atoms with Crippen molar-refractivity contribution < 1.29 is 14.3 Å². The van der Waals surface area contributed by atoms with Gasteiger partial charge in [-0.2, -0.15) is 0 Å². The zero-order valence-electron chi connectivity index (χ0n) is 14.6. The summed E-state index contributed by atoms with van der Waals surface area (Å²) in [5.74, 6) is -0.290. The molecule has 6 nitrogen and oxygen atoms in total. The zero-order valence-corrected chi connectivity index (χ0v) is 14.6. The lowest BCUT2D eigenvalue weighted by Gasteiger charge is -2.26. The topological polar surface area (TPSA) is 70.7 Å². The summed E-state index contributed by atoms with van der Waals surface area (Å²) in [5, 5.41) is 5.90. The summed E-state index contributed by atoms with van der Waals surface area (Å²) in [6.45, 7) is 5.47. The average Bonchev–Trinajstić information content (AvgIpc) is 3.44. The smallest absolute Gasteiger partial charge is 0.223 e. The van der Waals surface area contributed by atoms with Crippen molar-refractivity contribution in [2.45, 2.75) is 12.8 Å². The van der Waals surface area contributed by atoms with Crippen LogP contribution in [-0.4, -0.2) is 62.7 Å². The third kappa shape index (κ3) is 5.54. The maximum Gasteiger partial charge on any atom is 0.223 e. The molecule has 2 fully saturated rings. The molecular weight excluding hydrogens is 318 g/mol. The number of morpholine rings is 1. The number of carbonyl (C=O) groups excluding carboxylic acids is 2. The van der Waals surface area contributed by atoms with Gasteiger partial charge in [0.05, 0.1) is 25.0 Å². The Kier molecular flexibility index (Phi) is 6.42. The standard InChI is InChI=1S/C19H27N3O3/c23-18(20-7-6-15-4-2-1-3-5-15)16-14-17(16)19(24)21-8-9-22-10-12-25-13-11-22/h1-5,16-17H,6-14H2,(H,20,23)(H,21,24). The number of benzene rings is 1. The highest BCUT2D eigenvalue weighted by molar-refractivity contribution is 5.92. The van der Waals surface area contributed by atoms with E-state index in [0.29, 0.717) is 19.5 Å². The Balaban J connectivity index is 1.28. The van der Waals surface area contributed by atoms with E-state index in [4.69, 9.17) is 4.74 Å². The van der Waals surface area contributed by atoms with Crippen molar-refractivity contribution in [2.24, 2.45) is 11.8 Å². The van der Waals surface area contributed by atoms with Gasteiger partial charge in [0.15, 0.2) is 0 Å². The molecule has 1 aliphatic heterocycles. The fraction of sp³-hybridized carbons (Fsp3) is 0.579. The molecule has 2 aliphatic rings. The third-order valence-corrected chi connectivity index (χ3v) is 4.85. The largest absolute Gasteiger partial charge is 0.379 e. The second-order valence-corrected chi connectivity index (χ2v) is 6.72. The van der Waals surface area contributed by atoms with E-state index < -0.39 is 0 Å². The highest BCUT2D eigenvalue weighted by Gasteiger charge is 2.47. The normalized spacial score (nSPS) is 23.0. The highest BCUT2D eigenvalue weighted by atomic mass is 16.5. The number of nitrogens with zero attached hydrogens (tertiary/aromatic N) is 1. The molecule has 2 unspecified atom stereocenters. The first-order valence-corrected chi connectivity index (χ1v) is 9.13. The number of hydrogen-bond acceptors (Lipinski definition) is 4. The van der Waals surface area contributed by atoms with Crippen molar-refractivity contribution in [1.82, 2.24) is 15.5 Å². The highest BCUT2D eigenvalue weighted by Crippen LogP contribution is 2.38. The molecule has 0 aromatic heterocycles. The van der Waals surface area contributed by atoms with Gasteiger partial charge in [0, 0.05) is 32.7 Å². The third-order valence-electron chi connectivity index (χ3n) is 4.85. The predicted molar refractivity (Wildman–Crippen MR) is 95.0 cm³/mol. The van der Waals surface area contributed by atoms with Gasteiger partial charge in [-0.15, -0.1) is 0 Å². The van der Waals surface area contributed by atoms with Crippen LogP contribution >= 0.6 is 0 Å². The first-order chi connectivity index (χ1) is 12.2. The van der Waals surface area contributed by atoms with Gasteiger partial charge in [-0.3, -0.25) is 14.5 Å². The summed E-state index contributed by atoms with van der Waals surface area (Å²) in [6.07, 6.45) is 1.48. The number of rotatable bonds is 8. The fourth-order valence-corrected chi connectivity index (χ4v) is 3.17. The molecule has 1 saturated carbocycles. The summed E-state index contributed by atoms with van der Waals surface area (Å²) in [4.78, 5) is 26.5. The van der Waals surface area contributed by atoms with E-state index in [1.54, 1.807) is 0 Å². The monoisotopic (exact) mass is 345 g/mol. The van der Waals surface area contributed by atoms with Gasteiger partial charge in [-0.25, -0.2) is 0 Å². The van der Waals surface area contributed by atoms with Crippen LogP contribution in [0.15, 0.2) is 30.3 Å². The van der Waals surface area contributed by atoms with Crippen LogP contribution < -0.4 is 10.6 Å². The van der Waals surface area contributed by atoms with Crippen LogP contribution in [-0.2, 0) is 20.7 Å². The molecular formula is C19H27N3O3. The lowest BCUT2D eigenvalue weighted by molar-refractivity contribution is -0.127. The molecule has 0 spiro atoms. The number of ether oxygens (including phenoxy) is 1. The lowest BCUT2D eigenvalue weighted by atomic mass is 10.1. The van der Waals surface area contributed by atoms with Gasteiger partial charge in [0.25, 0.3) is 0 Å². The van der Waals surface area contributed by atoms with E-state index in [-0.39, 0.29) is 23.7 Å². The van der Waals surface area contributed by atoms with Crippen LogP contribution in [0.4, 0.5) is 0 Å². The Hall–Kier alpha value is -1.92. The number of nitrogens with one attached hydrogen (secondary N) is 2. The van der Waals surface area contributed by atoms with Gasteiger partial charge in [0.2, 0.25) is 11.8 Å². The average molecular weight is 345 g/mol. The van der Waals surface area contributed by atoms with Crippen LogP contribution in [0, 0.1) is 11.8 Å². The number of carbonyl (C=O) groups is 2. The molecule has 2 amide bonds. The summed E-state index contributed by atoms with van der Waals surface area (Å²) in [7, 11) is 0. The summed E-state index contributed by atoms with van der Waals surface area (Å²) in [6, 6.07) is 10.1. The van der Waals surface area contributed by atoms with Gasteiger partial charge in [-0.1, -0.05) is 30.3 Å². The maximum absolute atomic E-state index is 12.1. The van der Waals surface area contributed by atoms with Crippen molar-refractivity contribution in [1.29, 1.82) is 0 Å². The molecule has 1 aromatic rings. The molecule has 25 heavy (non-hydrogen) atoms. The van der Waals surface area contributed by atoms with Crippen molar-refractivity contribution in [2.75, 3.05) is 45.9 Å². The Morgan fingerprint density at radius 3 is 2.32 bits per heavy atom. The van der Waals surface area contributed by atoms with E-state index in [9.17, 15) is 9.59 Å². The van der Waals surface area contributed by atoms with Crippen molar-refractivity contribution in [3.05, 3.63) is 35.9 Å². The Morgan fingerprint density at radius 1 is 1.00 bits per heavy atom. The SMILES string of the molecule is O=C(NCCc1ccccc1)C1CC1C(=O)NCCN1CCOCC1.